The molecule has 3 rings (SSSR count). The van der Waals surface area contributed by atoms with Crippen LogP contribution in [0.25, 0.3) is 0 Å². The molecule has 0 spiro atoms. The number of amides is 1. The molecule has 0 aromatic heterocycles. The van der Waals surface area contributed by atoms with E-state index in [-0.39, 0.29) is 18.1 Å². The number of nitrogens with one attached hydrogen (secondary N) is 2. The molecule has 2 N–H and O–H groups in total. The quantitative estimate of drug-likeness (QED) is 0.858. The summed E-state index contributed by atoms with van der Waals surface area (Å²) in [7, 11) is 0. The van der Waals surface area contributed by atoms with Crippen LogP contribution < -0.4 is 20.1 Å². The van der Waals surface area contributed by atoms with Gasteiger partial charge in [-0.3, -0.25) is 4.79 Å². The molecule has 1 aliphatic heterocycles. The number of hydrogen-bond acceptors (Lipinski definition) is 4. The summed E-state index contributed by atoms with van der Waals surface area (Å²) < 4.78 is 10.6. The molecular weight excluding hydrogens is 316 g/mol. The van der Waals surface area contributed by atoms with Gasteiger partial charge in [0.25, 0.3) is 0 Å². The first-order chi connectivity index (χ1) is 11.9. The van der Waals surface area contributed by atoms with Crippen molar-refractivity contribution in [3.63, 3.8) is 0 Å². The Bertz CT molecular complexity index is 749. The molecule has 1 heterocycles. The van der Waals surface area contributed by atoms with Crippen molar-refractivity contribution in [2.45, 2.75) is 32.6 Å². The van der Waals surface area contributed by atoms with Gasteiger partial charge in [-0.05, 0) is 35.2 Å². The smallest absolute Gasteiger partial charge is 0.231 e. The molecule has 0 atom stereocenters. The molecule has 5 nitrogen and oxygen atoms in total. The minimum Gasteiger partial charge on any atom is -0.454 e. The van der Waals surface area contributed by atoms with Gasteiger partial charge in [0.2, 0.25) is 12.7 Å². The SMILES string of the molecule is CC(C)(C)c1ccc(NC(=O)CCNc2ccc3c(c2)OCO3)cc1. The summed E-state index contributed by atoms with van der Waals surface area (Å²) in [5, 5.41) is 6.15. The van der Waals surface area contributed by atoms with E-state index in [4.69, 9.17) is 9.47 Å². The van der Waals surface area contributed by atoms with Crippen LogP contribution in [0.5, 0.6) is 11.5 Å². The molecule has 25 heavy (non-hydrogen) atoms. The molecule has 0 bridgehead atoms. The second-order valence-electron chi connectivity index (χ2n) is 7.12. The zero-order chi connectivity index (χ0) is 17.9. The van der Waals surface area contributed by atoms with Crippen LogP contribution in [-0.2, 0) is 10.2 Å². The zero-order valence-electron chi connectivity index (χ0n) is 14.9. The van der Waals surface area contributed by atoms with Crippen LogP contribution in [0.1, 0.15) is 32.8 Å². The molecule has 0 saturated heterocycles. The highest BCUT2D eigenvalue weighted by Gasteiger charge is 2.14. The molecule has 5 heteroatoms. The minimum absolute atomic E-state index is 0.0169. The summed E-state index contributed by atoms with van der Waals surface area (Å²) >= 11 is 0. The largest absolute Gasteiger partial charge is 0.454 e. The number of anilines is 2. The molecule has 2 aromatic rings. The number of rotatable bonds is 5. The van der Waals surface area contributed by atoms with Crippen molar-refractivity contribution in [3.8, 4) is 11.5 Å². The molecule has 0 radical (unpaired) electrons. The number of ether oxygens (including phenoxy) is 2. The van der Waals surface area contributed by atoms with E-state index in [9.17, 15) is 4.79 Å². The molecule has 1 amide bonds. The lowest BCUT2D eigenvalue weighted by molar-refractivity contribution is -0.115. The monoisotopic (exact) mass is 340 g/mol. The average molecular weight is 340 g/mol. The molecule has 132 valence electrons. The van der Waals surface area contributed by atoms with E-state index < -0.39 is 0 Å². The molecule has 0 aliphatic carbocycles. The lowest BCUT2D eigenvalue weighted by Gasteiger charge is -2.19. The number of carbonyl (C=O) groups is 1. The Balaban J connectivity index is 1.46. The highest BCUT2D eigenvalue weighted by Crippen LogP contribution is 2.34. The van der Waals surface area contributed by atoms with Crippen LogP contribution in [0.15, 0.2) is 42.5 Å². The normalized spacial score (nSPS) is 12.8. The molecule has 0 fully saturated rings. The van der Waals surface area contributed by atoms with Crippen LogP contribution >= 0.6 is 0 Å². The van der Waals surface area contributed by atoms with Crippen LogP contribution in [0.3, 0.4) is 0 Å². The van der Waals surface area contributed by atoms with E-state index in [0.717, 1.165) is 22.9 Å². The van der Waals surface area contributed by atoms with Crippen LogP contribution in [0.2, 0.25) is 0 Å². The third-order valence-electron chi connectivity index (χ3n) is 4.09. The van der Waals surface area contributed by atoms with Crippen molar-refractivity contribution in [1.82, 2.24) is 0 Å². The maximum atomic E-state index is 12.1. The van der Waals surface area contributed by atoms with Crippen molar-refractivity contribution in [2.75, 3.05) is 24.0 Å². The van der Waals surface area contributed by atoms with Gasteiger partial charge in [0.15, 0.2) is 11.5 Å². The van der Waals surface area contributed by atoms with E-state index in [0.29, 0.717) is 13.0 Å². The molecule has 0 saturated carbocycles. The van der Waals surface area contributed by atoms with Crippen LogP contribution in [0.4, 0.5) is 11.4 Å². The van der Waals surface area contributed by atoms with E-state index in [1.54, 1.807) is 0 Å². The Morgan fingerprint density at radius 1 is 1.00 bits per heavy atom. The van der Waals surface area contributed by atoms with E-state index in [1.165, 1.54) is 5.56 Å². The summed E-state index contributed by atoms with van der Waals surface area (Å²) in [4.78, 5) is 12.1. The summed E-state index contributed by atoms with van der Waals surface area (Å²) in [6.07, 6.45) is 0.384. The van der Waals surface area contributed by atoms with Gasteiger partial charge in [0.1, 0.15) is 0 Å². The zero-order valence-corrected chi connectivity index (χ0v) is 14.9. The predicted octanol–water partition coefficient (Wildman–Crippen LogP) is 4.15. The van der Waals surface area contributed by atoms with Gasteiger partial charge in [0.05, 0.1) is 0 Å². The molecule has 1 aliphatic rings. The summed E-state index contributed by atoms with van der Waals surface area (Å²) in [6.45, 7) is 7.31. The lowest BCUT2D eigenvalue weighted by atomic mass is 9.87. The number of hydrogen-bond donors (Lipinski definition) is 2. The first kappa shape index (κ1) is 17.1. The minimum atomic E-state index is -0.0169. The Kier molecular flexibility index (Phi) is 4.83. The lowest BCUT2D eigenvalue weighted by Crippen LogP contribution is -2.16. The van der Waals surface area contributed by atoms with Crippen molar-refractivity contribution in [3.05, 3.63) is 48.0 Å². The Hall–Kier alpha value is -2.69. The standard InChI is InChI=1S/C20H24N2O3/c1-20(2,3)14-4-6-15(7-5-14)22-19(23)10-11-21-16-8-9-17-18(12-16)25-13-24-17/h4-9,12,21H,10-11,13H2,1-3H3,(H,22,23). The Labute approximate surface area is 148 Å². The highest BCUT2D eigenvalue weighted by atomic mass is 16.7. The fraction of sp³-hybridized carbons (Fsp3) is 0.350. The van der Waals surface area contributed by atoms with Gasteiger partial charge < -0.3 is 20.1 Å². The van der Waals surface area contributed by atoms with Gasteiger partial charge in [-0.1, -0.05) is 32.9 Å². The first-order valence-electron chi connectivity index (χ1n) is 8.46. The van der Waals surface area contributed by atoms with Crippen LogP contribution in [0, 0.1) is 0 Å². The molecule has 0 unspecified atom stereocenters. The first-order valence-corrected chi connectivity index (χ1v) is 8.46. The highest BCUT2D eigenvalue weighted by molar-refractivity contribution is 5.91. The van der Waals surface area contributed by atoms with Gasteiger partial charge in [-0.25, -0.2) is 0 Å². The molecular formula is C20H24N2O3. The van der Waals surface area contributed by atoms with Crippen molar-refractivity contribution >= 4 is 17.3 Å². The molecule has 2 aromatic carbocycles. The van der Waals surface area contributed by atoms with E-state index in [2.05, 4.69) is 43.5 Å². The summed E-state index contributed by atoms with van der Waals surface area (Å²) in [5.74, 6) is 1.46. The Morgan fingerprint density at radius 2 is 1.68 bits per heavy atom. The van der Waals surface area contributed by atoms with Crippen molar-refractivity contribution < 1.29 is 14.3 Å². The number of fused-ring (bicyclic) bond motifs is 1. The third kappa shape index (κ3) is 4.44. The van der Waals surface area contributed by atoms with Gasteiger partial charge in [-0.15, -0.1) is 0 Å². The van der Waals surface area contributed by atoms with Crippen molar-refractivity contribution in [2.24, 2.45) is 0 Å². The van der Waals surface area contributed by atoms with E-state index in [1.807, 2.05) is 30.3 Å². The topological polar surface area (TPSA) is 59.6 Å². The Morgan fingerprint density at radius 3 is 2.40 bits per heavy atom. The fourth-order valence-electron chi connectivity index (χ4n) is 2.60. The summed E-state index contributed by atoms with van der Waals surface area (Å²) in [5.41, 5.74) is 3.08. The number of carbonyl (C=O) groups excluding carboxylic acids is 1. The number of benzene rings is 2. The second-order valence-corrected chi connectivity index (χ2v) is 7.12. The second kappa shape index (κ2) is 7.05. The van der Waals surface area contributed by atoms with Crippen molar-refractivity contribution in [1.29, 1.82) is 0 Å². The third-order valence-corrected chi connectivity index (χ3v) is 4.09. The van der Waals surface area contributed by atoms with Gasteiger partial charge >= 0.3 is 0 Å². The predicted molar refractivity (Wildman–Crippen MR) is 99.4 cm³/mol. The summed E-state index contributed by atoms with van der Waals surface area (Å²) in [6, 6.07) is 13.7. The van der Waals surface area contributed by atoms with Crippen LogP contribution in [-0.4, -0.2) is 19.2 Å². The van der Waals surface area contributed by atoms with Gasteiger partial charge in [0, 0.05) is 30.4 Å². The van der Waals surface area contributed by atoms with E-state index >= 15 is 0 Å². The average Bonchev–Trinajstić information content (AvgIpc) is 3.02. The fourth-order valence-corrected chi connectivity index (χ4v) is 2.60. The maximum Gasteiger partial charge on any atom is 0.231 e. The maximum absolute atomic E-state index is 12.1. The van der Waals surface area contributed by atoms with Gasteiger partial charge in [-0.2, -0.15) is 0 Å².